The summed E-state index contributed by atoms with van der Waals surface area (Å²) in [5.41, 5.74) is 6.34. The molecule has 0 saturated heterocycles. The maximum absolute atomic E-state index is 6.08. The molecular formula is C25H25Cl. The summed E-state index contributed by atoms with van der Waals surface area (Å²) in [5, 5.41) is 0.542. The molecule has 0 heterocycles. The lowest BCUT2D eigenvalue weighted by Gasteiger charge is -2.21. The smallest absolute Gasteiger partial charge is 0.0340 e. The molecule has 26 heavy (non-hydrogen) atoms. The highest BCUT2D eigenvalue weighted by Gasteiger charge is 2.15. The molecule has 1 aromatic rings. The highest BCUT2D eigenvalue weighted by atomic mass is 35.5. The van der Waals surface area contributed by atoms with Gasteiger partial charge >= 0.3 is 0 Å². The summed E-state index contributed by atoms with van der Waals surface area (Å²) in [6.45, 7) is 6.01. The fourth-order valence-electron chi connectivity index (χ4n) is 3.47. The zero-order chi connectivity index (χ0) is 18.4. The Labute approximate surface area is 162 Å². The molecule has 1 heteroatoms. The van der Waals surface area contributed by atoms with Crippen molar-refractivity contribution in [1.82, 2.24) is 0 Å². The monoisotopic (exact) mass is 360 g/mol. The second kappa shape index (κ2) is 8.87. The standard InChI is InChI=1S/C25H25Cl/c1-19(16-25(17-20(2)26)22-12-7-4-8-13-22)23-14-9-15-24(18-23)21-10-5-3-6-11-21/h3-8,10,12-14,16-18,21H,2,9,11,15H2,1H3/b19-16+,25-17+/t21-/m0/s1. The van der Waals surface area contributed by atoms with Crippen molar-refractivity contribution in [2.24, 2.45) is 5.92 Å². The molecule has 0 fully saturated rings. The lowest BCUT2D eigenvalue weighted by molar-refractivity contribution is 0.708. The molecule has 0 unspecified atom stereocenters. The molecule has 0 amide bonds. The molecule has 3 rings (SSSR count). The van der Waals surface area contributed by atoms with Crippen molar-refractivity contribution in [2.45, 2.75) is 26.2 Å². The summed E-state index contributed by atoms with van der Waals surface area (Å²) in [4.78, 5) is 0. The van der Waals surface area contributed by atoms with Crippen LogP contribution in [0, 0.1) is 5.92 Å². The van der Waals surface area contributed by atoms with Gasteiger partial charge in [-0.25, -0.2) is 0 Å². The van der Waals surface area contributed by atoms with Crippen LogP contribution in [-0.2, 0) is 0 Å². The van der Waals surface area contributed by atoms with Gasteiger partial charge in [0.2, 0.25) is 0 Å². The van der Waals surface area contributed by atoms with Gasteiger partial charge in [-0.1, -0.05) is 96.6 Å². The zero-order valence-corrected chi connectivity index (χ0v) is 16.0. The van der Waals surface area contributed by atoms with E-state index in [0.29, 0.717) is 11.0 Å². The van der Waals surface area contributed by atoms with Crippen molar-refractivity contribution in [3.8, 4) is 0 Å². The highest BCUT2D eigenvalue weighted by molar-refractivity contribution is 6.31. The molecule has 0 saturated carbocycles. The number of hydrogen-bond donors (Lipinski definition) is 0. The molecule has 0 bridgehead atoms. The average Bonchev–Trinajstić information content (AvgIpc) is 2.68. The van der Waals surface area contributed by atoms with Crippen LogP contribution in [0.2, 0.25) is 0 Å². The maximum atomic E-state index is 6.08. The van der Waals surface area contributed by atoms with Crippen LogP contribution in [0.1, 0.15) is 31.7 Å². The largest absolute Gasteiger partial charge is 0.0850 e. The Hall–Kier alpha value is -2.31. The first-order valence-corrected chi connectivity index (χ1v) is 9.55. The van der Waals surface area contributed by atoms with Gasteiger partial charge in [0.1, 0.15) is 0 Å². The molecule has 0 nitrogen and oxygen atoms in total. The SMILES string of the molecule is C=C(Cl)/C=C(\C=C(/C)C1=CCCC([C@H]2C=CC=CC2)=C1)c1ccccc1. The van der Waals surface area contributed by atoms with Crippen molar-refractivity contribution in [3.63, 3.8) is 0 Å². The van der Waals surface area contributed by atoms with Crippen molar-refractivity contribution < 1.29 is 0 Å². The third-order valence-electron chi connectivity index (χ3n) is 4.84. The van der Waals surface area contributed by atoms with Gasteiger partial charge in [0, 0.05) is 11.0 Å². The summed E-state index contributed by atoms with van der Waals surface area (Å²) in [7, 11) is 0. The van der Waals surface area contributed by atoms with E-state index in [0.717, 1.165) is 30.4 Å². The topological polar surface area (TPSA) is 0 Å². The third-order valence-corrected chi connectivity index (χ3v) is 4.95. The van der Waals surface area contributed by atoms with Crippen LogP contribution in [0.15, 0.2) is 107 Å². The summed E-state index contributed by atoms with van der Waals surface area (Å²) in [6, 6.07) is 10.3. The van der Waals surface area contributed by atoms with Gasteiger partial charge in [0.15, 0.2) is 0 Å². The second-order valence-electron chi connectivity index (χ2n) is 6.81. The number of allylic oxidation sites excluding steroid dienone is 13. The summed E-state index contributed by atoms with van der Waals surface area (Å²) >= 11 is 6.08. The van der Waals surface area contributed by atoms with Crippen molar-refractivity contribution in [2.75, 3.05) is 0 Å². The molecule has 1 atom stereocenters. The quantitative estimate of drug-likeness (QED) is 0.475. The molecule has 2 aliphatic carbocycles. The van der Waals surface area contributed by atoms with E-state index >= 15 is 0 Å². The van der Waals surface area contributed by atoms with E-state index in [1.165, 1.54) is 16.7 Å². The van der Waals surface area contributed by atoms with Gasteiger partial charge in [0.25, 0.3) is 0 Å². The van der Waals surface area contributed by atoms with E-state index < -0.39 is 0 Å². The van der Waals surface area contributed by atoms with Crippen molar-refractivity contribution >= 4 is 17.2 Å². The third kappa shape index (κ3) is 4.86. The van der Waals surface area contributed by atoms with Crippen LogP contribution < -0.4 is 0 Å². The van der Waals surface area contributed by atoms with E-state index in [2.05, 4.69) is 68.2 Å². The van der Waals surface area contributed by atoms with Gasteiger partial charge in [-0.2, -0.15) is 0 Å². The number of halogens is 1. The Bertz CT molecular complexity index is 841. The highest BCUT2D eigenvalue weighted by Crippen LogP contribution is 2.32. The Kier molecular flexibility index (Phi) is 6.30. The molecule has 0 aliphatic heterocycles. The predicted octanol–water partition coefficient (Wildman–Crippen LogP) is 7.55. The normalized spacial score (nSPS) is 20.6. The molecule has 132 valence electrons. The Balaban J connectivity index is 1.88. The molecule has 0 aromatic heterocycles. The fraction of sp³-hybridized carbons (Fsp3) is 0.200. The van der Waals surface area contributed by atoms with Gasteiger partial charge < -0.3 is 0 Å². The molecule has 0 N–H and O–H groups in total. The summed E-state index contributed by atoms with van der Waals surface area (Å²) < 4.78 is 0. The fourth-order valence-corrected chi connectivity index (χ4v) is 3.59. The summed E-state index contributed by atoms with van der Waals surface area (Å²) in [5.74, 6) is 0.545. The van der Waals surface area contributed by atoms with Crippen molar-refractivity contribution in [1.29, 1.82) is 0 Å². The molecule has 2 aliphatic rings. The van der Waals surface area contributed by atoms with Gasteiger partial charge in [-0.05, 0) is 54.5 Å². The first-order chi connectivity index (χ1) is 12.6. The van der Waals surface area contributed by atoms with Crippen molar-refractivity contribution in [3.05, 3.63) is 113 Å². The minimum Gasteiger partial charge on any atom is -0.0850 e. The predicted molar refractivity (Wildman–Crippen MR) is 115 cm³/mol. The van der Waals surface area contributed by atoms with Crippen LogP contribution >= 0.6 is 11.6 Å². The Morgan fingerprint density at radius 3 is 2.65 bits per heavy atom. The average molecular weight is 361 g/mol. The molecular weight excluding hydrogens is 336 g/mol. The van der Waals surface area contributed by atoms with Crippen LogP contribution in [0.25, 0.3) is 5.57 Å². The van der Waals surface area contributed by atoms with Crippen LogP contribution in [0.3, 0.4) is 0 Å². The zero-order valence-electron chi connectivity index (χ0n) is 15.3. The van der Waals surface area contributed by atoms with Crippen LogP contribution in [0.4, 0.5) is 0 Å². The van der Waals surface area contributed by atoms with E-state index in [4.69, 9.17) is 11.6 Å². The summed E-state index contributed by atoms with van der Waals surface area (Å²) in [6.07, 6.45) is 21.1. The first-order valence-electron chi connectivity index (χ1n) is 9.17. The maximum Gasteiger partial charge on any atom is 0.0340 e. The number of hydrogen-bond acceptors (Lipinski definition) is 0. The minimum atomic E-state index is 0.542. The van der Waals surface area contributed by atoms with E-state index in [1.807, 2.05) is 24.3 Å². The van der Waals surface area contributed by atoms with Gasteiger partial charge in [0.05, 0.1) is 0 Å². The first kappa shape index (κ1) is 18.5. The van der Waals surface area contributed by atoms with Crippen LogP contribution in [0.5, 0.6) is 0 Å². The Morgan fingerprint density at radius 2 is 1.96 bits per heavy atom. The Morgan fingerprint density at radius 1 is 1.15 bits per heavy atom. The molecule has 0 spiro atoms. The number of benzene rings is 1. The number of rotatable bonds is 5. The van der Waals surface area contributed by atoms with E-state index in [9.17, 15) is 0 Å². The molecule has 1 aromatic carbocycles. The van der Waals surface area contributed by atoms with Crippen LogP contribution in [-0.4, -0.2) is 0 Å². The lowest BCUT2D eigenvalue weighted by atomic mass is 9.84. The van der Waals surface area contributed by atoms with E-state index in [1.54, 1.807) is 0 Å². The second-order valence-corrected chi connectivity index (χ2v) is 7.30. The van der Waals surface area contributed by atoms with Gasteiger partial charge in [-0.3, -0.25) is 0 Å². The lowest BCUT2D eigenvalue weighted by Crippen LogP contribution is -2.05. The van der Waals surface area contributed by atoms with Gasteiger partial charge in [-0.15, -0.1) is 0 Å². The minimum absolute atomic E-state index is 0.542. The van der Waals surface area contributed by atoms with E-state index in [-0.39, 0.29) is 0 Å². The molecule has 0 radical (unpaired) electrons.